The van der Waals surface area contributed by atoms with Crippen molar-refractivity contribution in [2.24, 2.45) is 0 Å². The molecule has 1 fully saturated rings. The Morgan fingerprint density at radius 3 is 2.83 bits per heavy atom. The van der Waals surface area contributed by atoms with Gasteiger partial charge in [-0.25, -0.2) is 9.18 Å². The zero-order valence-corrected chi connectivity index (χ0v) is 15.7. The van der Waals surface area contributed by atoms with Gasteiger partial charge in [0.05, 0.1) is 19.2 Å². The fraction of sp³-hybridized carbons (Fsp3) is 0.200. The van der Waals surface area contributed by atoms with Crippen LogP contribution in [0.15, 0.2) is 40.9 Å². The van der Waals surface area contributed by atoms with E-state index in [1.807, 2.05) is 0 Å². The number of methoxy groups -OCH3 is 1. The standard InChI is InChI=1S/C20H15FN4O5/c1-29-13-5-4-10-8-25(17(26)15(10)16(13)21)9-20(18(27)23-19(28)24-20)14-7-11-12(30-14)3-2-6-22-11/h2-7H,8-9H2,1H3,(H2,23,24,27,28)/t20-/m0/s1. The maximum Gasteiger partial charge on any atom is 0.322 e. The Morgan fingerprint density at radius 2 is 2.13 bits per heavy atom. The number of carbonyl (C=O) groups excluding carboxylic acids is 3. The Labute approximate surface area is 168 Å². The SMILES string of the molecule is COc1ccc2c(c1F)C(=O)N(C[C@@]1(c3cc4ncccc4o3)NC(=O)NC1=O)C2. The summed E-state index contributed by atoms with van der Waals surface area (Å²) in [5.41, 5.74) is -0.402. The van der Waals surface area contributed by atoms with Crippen molar-refractivity contribution in [3.05, 3.63) is 59.2 Å². The highest BCUT2D eigenvalue weighted by molar-refractivity contribution is 6.08. The van der Waals surface area contributed by atoms with Crippen molar-refractivity contribution in [3.63, 3.8) is 0 Å². The van der Waals surface area contributed by atoms with Crippen LogP contribution in [-0.4, -0.2) is 41.4 Å². The lowest BCUT2D eigenvalue weighted by atomic mass is 9.95. The number of nitrogens with zero attached hydrogens (tertiary/aromatic N) is 2. The molecule has 0 unspecified atom stereocenters. The first-order chi connectivity index (χ1) is 14.4. The molecule has 1 atom stereocenters. The molecule has 1 aromatic carbocycles. The zero-order chi connectivity index (χ0) is 21.0. The van der Waals surface area contributed by atoms with E-state index in [4.69, 9.17) is 9.15 Å². The van der Waals surface area contributed by atoms with Gasteiger partial charge in [0.1, 0.15) is 11.3 Å². The molecule has 0 radical (unpaired) electrons. The van der Waals surface area contributed by atoms with E-state index in [2.05, 4.69) is 15.6 Å². The number of carbonyl (C=O) groups is 3. The molecule has 0 aliphatic carbocycles. The van der Waals surface area contributed by atoms with Gasteiger partial charge >= 0.3 is 6.03 Å². The third-order valence-corrected chi connectivity index (χ3v) is 5.35. The first kappa shape index (κ1) is 18.1. The van der Waals surface area contributed by atoms with Gasteiger partial charge in [0, 0.05) is 18.8 Å². The molecule has 2 aliphatic rings. The number of rotatable bonds is 4. The zero-order valence-electron chi connectivity index (χ0n) is 15.7. The molecule has 4 heterocycles. The third-order valence-electron chi connectivity index (χ3n) is 5.35. The van der Waals surface area contributed by atoms with Gasteiger partial charge in [0.25, 0.3) is 11.8 Å². The number of amides is 4. The maximum absolute atomic E-state index is 14.7. The Balaban J connectivity index is 1.56. The minimum Gasteiger partial charge on any atom is -0.494 e. The van der Waals surface area contributed by atoms with Gasteiger partial charge in [-0.1, -0.05) is 6.07 Å². The Hall–Kier alpha value is -3.95. The molecular formula is C20H15FN4O5. The molecule has 0 saturated carbocycles. The lowest BCUT2D eigenvalue weighted by Gasteiger charge is -2.28. The van der Waals surface area contributed by atoms with Crippen molar-refractivity contribution in [3.8, 4) is 5.75 Å². The number of pyridine rings is 1. The number of fused-ring (bicyclic) bond motifs is 2. The third kappa shape index (κ3) is 2.46. The molecule has 4 amide bonds. The summed E-state index contributed by atoms with van der Waals surface area (Å²) in [6.45, 7) is -0.182. The van der Waals surface area contributed by atoms with E-state index in [0.717, 1.165) is 0 Å². The lowest BCUT2D eigenvalue weighted by molar-refractivity contribution is -0.125. The summed E-state index contributed by atoms with van der Waals surface area (Å²) in [6, 6.07) is 7.21. The fourth-order valence-corrected chi connectivity index (χ4v) is 3.90. The van der Waals surface area contributed by atoms with Crippen LogP contribution < -0.4 is 15.4 Å². The van der Waals surface area contributed by atoms with Crippen LogP contribution >= 0.6 is 0 Å². The summed E-state index contributed by atoms with van der Waals surface area (Å²) < 4.78 is 25.4. The summed E-state index contributed by atoms with van der Waals surface area (Å²) in [7, 11) is 1.31. The Bertz CT molecular complexity index is 1210. The van der Waals surface area contributed by atoms with Crippen LogP contribution in [0.25, 0.3) is 11.1 Å². The van der Waals surface area contributed by atoms with Crippen LogP contribution in [-0.2, 0) is 16.9 Å². The largest absolute Gasteiger partial charge is 0.494 e. The number of hydrogen-bond donors (Lipinski definition) is 2. The summed E-state index contributed by atoms with van der Waals surface area (Å²) >= 11 is 0. The van der Waals surface area contributed by atoms with Gasteiger partial charge in [-0.05, 0) is 23.8 Å². The number of imide groups is 1. The molecule has 9 nitrogen and oxygen atoms in total. The highest BCUT2D eigenvalue weighted by Gasteiger charge is 2.53. The van der Waals surface area contributed by atoms with Gasteiger partial charge < -0.3 is 19.4 Å². The van der Waals surface area contributed by atoms with Crippen molar-refractivity contribution in [1.29, 1.82) is 0 Å². The first-order valence-corrected chi connectivity index (χ1v) is 9.06. The highest BCUT2D eigenvalue weighted by atomic mass is 19.1. The van der Waals surface area contributed by atoms with Gasteiger partial charge in [-0.2, -0.15) is 0 Å². The van der Waals surface area contributed by atoms with Crippen LogP contribution in [0.1, 0.15) is 21.7 Å². The smallest absolute Gasteiger partial charge is 0.322 e. The molecule has 0 bridgehead atoms. The molecule has 0 spiro atoms. The van der Waals surface area contributed by atoms with E-state index in [9.17, 15) is 18.8 Å². The van der Waals surface area contributed by atoms with Crippen LogP contribution in [0, 0.1) is 5.82 Å². The second kappa shape index (κ2) is 6.28. The number of hydrogen-bond acceptors (Lipinski definition) is 6. The number of aromatic nitrogens is 1. The second-order valence-electron chi connectivity index (χ2n) is 7.09. The van der Waals surface area contributed by atoms with Crippen LogP contribution in [0.5, 0.6) is 5.75 Å². The number of ether oxygens (including phenoxy) is 1. The summed E-state index contributed by atoms with van der Waals surface area (Å²) in [4.78, 5) is 43.2. The van der Waals surface area contributed by atoms with Crippen molar-refractivity contribution >= 4 is 28.9 Å². The topological polar surface area (TPSA) is 114 Å². The van der Waals surface area contributed by atoms with Crippen LogP contribution in [0.2, 0.25) is 0 Å². The van der Waals surface area contributed by atoms with E-state index in [-0.39, 0.29) is 30.2 Å². The van der Waals surface area contributed by atoms with Gasteiger partial charge in [-0.3, -0.25) is 19.9 Å². The number of benzene rings is 1. The molecule has 2 N–H and O–H groups in total. The van der Waals surface area contributed by atoms with Crippen molar-refractivity contribution in [2.75, 3.05) is 13.7 Å². The Kier molecular flexibility index (Phi) is 3.79. The van der Waals surface area contributed by atoms with E-state index >= 15 is 0 Å². The fourth-order valence-electron chi connectivity index (χ4n) is 3.90. The lowest BCUT2D eigenvalue weighted by Crippen LogP contribution is -2.52. The number of halogens is 1. The minimum absolute atomic E-state index is 0.0473. The van der Waals surface area contributed by atoms with Crippen molar-refractivity contribution < 1.29 is 27.9 Å². The molecular weight excluding hydrogens is 395 g/mol. The van der Waals surface area contributed by atoms with Crippen LogP contribution in [0.4, 0.5) is 9.18 Å². The summed E-state index contributed by atoms with van der Waals surface area (Å²) in [6.07, 6.45) is 1.57. The predicted molar refractivity (Wildman–Crippen MR) is 100 cm³/mol. The molecule has 30 heavy (non-hydrogen) atoms. The summed E-state index contributed by atoms with van der Waals surface area (Å²) in [5, 5.41) is 4.76. The Morgan fingerprint density at radius 1 is 1.30 bits per heavy atom. The number of furan rings is 1. The molecule has 1 saturated heterocycles. The van der Waals surface area contributed by atoms with Gasteiger partial charge in [-0.15, -0.1) is 0 Å². The highest BCUT2D eigenvalue weighted by Crippen LogP contribution is 2.35. The number of urea groups is 1. The van der Waals surface area contributed by atoms with Crippen LogP contribution in [0.3, 0.4) is 0 Å². The maximum atomic E-state index is 14.7. The molecule has 2 aromatic heterocycles. The molecule has 5 rings (SSSR count). The first-order valence-electron chi connectivity index (χ1n) is 9.06. The van der Waals surface area contributed by atoms with Gasteiger partial charge in [0.2, 0.25) is 0 Å². The van der Waals surface area contributed by atoms with E-state index in [1.165, 1.54) is 24.1 Å². The molecule has 10 heteroatoms. The monoisotopic (exact) mass is 410 g/mol. The molecule has 152 valence electrons. The normalized spacial score (nSPS) is 20.5. The van der Waals surface area contributed by atoms with E-state index in [0.29, 0.717) is 16.7 Å². The molecule has 3 aromatic rings. The van der Waals surface area contributed by atoms with Gasteiger partial charge in [0.15, 0.2) is 22.7 Å². The van der Waals surface area contributed by atoms with E-state index < -0.39 is 29.2 Å². The second-order valence-corrected chi connectivity index (χ2v) is 7.09. The molecule has 2 aliphatic heterocycles. The van der Waals surface area contributed by atoms with Crippen molar-refractivity contribution in [2.45, 2.75) is 12.1 Å². The summed E-state index contributed by atoms with van der Waals surface area (Å²) in [5.74, 6) is -1.96. The average Bonchev–Trinajstić information content (AvgIpc) is 3.37. The van der Waals surface area contributed by atoms with Crippen molar-refractivity contribution in [1.82, 2.24) is 20.5 Å². The minimum atomic E-state index is -1.67. The van der Waals surface area contributed by atoms with E-state index in [1.54, 1.807) is 24.4 Å². The quantitative estimate of drug-likeness (QED) is 0.633. The number of nitrogens with one attached hydrogen (secondary N) is 2. The average molecular weight is 410 g/mol. The predicted octanol–water partition coefficient (Wildman–Crippen LogP) is 1.67.